The van der Waals surface area contributed by atoms with Crippen molar-refractivity contribution in [3.8, 4) is 0 Å². The predicted octanol–water partition coefficient (Wildman–Crippen LogP) is 5.06. The van der Waals surface area contributed by atoms with Crippen molar-refractivity contribution in [2.45, 2.75) is 24.9 Å². The van der Waals surface area contributed by atoms with Crippen molar-refractivity contribution in [1.82, 2.24) is 5.48 Å². The van der Waals surface area contributed by atoms with Gasteiger partial charge in [0.1, 0.15) is 5.82 Å². The maximum absolute atomic E-state index is 13.9. The Morgan fingerprint density at radius 2 is 1.96 bits per heavy atom. The molecular weight excluding hydrogens is 509 g/mol. The molecule has 0 aromatic heterocycles. The van der Waals surface area contributed by atoms with Gasteiger partial charge in [0.25, 0.3) is 5.91 Å². The molecule has 0 atom stereocenters. The lowest BCUT2D eigenvalue weighted by Crippen LogP contribution is -2.26. The second-order valence-corrected chi connectivity index (χ2v) is 8.38. The molecule has 5 nitrogen and oxygen atoms in total. The molecule has 27 heavy (non-hydrogen) atoms. The number of hydrogen-bond acceptors (Lipinski definition) is 4. The van der Waals surface area contributed by atoms with Gasteiger partial charge in [-0.1, -0.05) is 23.2 Å². The van der Waals surface area contributed by atoms with Crippen molar-refractivity contribution < 1.29 is 19.1 Å². The third-order valence-corrected chi connectivity index (χ3v) is 5.44. The Balaban J connectivity index is 1.74. The number of anilines is 2. The maximum atomic E-state index is 13.9. The lowest BCUT2D eigenvalue weighted by molar-refractivity contribution is 0.0120. The standard InChI is InChI=1S/C18H16Cl2FIN2O3/c19-12-8-11(17(25)24-27-6-5-18(26)3-4-18)16(9-14(12)21)23-15-2-1-10(22)7-13(15)20/h1-2,7-9,23,26H,3-6H2,(H,24,25). The van der Waals surface area contributed by atoms with Crippen LogP contribution in [-0.4, -0.2) is 23.2 Å². The Morgan fingerprint density at radius 1 is 1.22 bits per heavy atom. The van der Waals surface area contributed by atoms with Gasteiger partial charge in [-0.15, -0.1) is 0 Å². The summed E-state index contributed by atoms with van der Waals surface area (Å²) in [6.45, 7) is 0.170. The normalized spacial score (nSPS) is 14.7. The van der Waals surface area contributed by atoms with Crippen molar-refractivity contribution >= 4 is 63.1 Å². The van der Waals surface area contributed by atoms with Crippen LogP contribution in [0.5, 0.6) is 0 Å². The quantitative estimate of drug-likeness (QED) is 0.269. The molecule has 0 bridgehead atoms. The summed E-state index contributed by atoms with van der Waals surface area (Å²) in [5.41, 5.74) is 2.43. The van der Waals surface area contributed by atoms with Gasteiger partial charge in [0.15, 0.2) is 0 Å². The number of hydroxylamine groups is 1. The molecule has 3 rings (SSSR count). The Hall–Kier alpha value is -1.13. The number of halogens is 4. The fourth-order valence-electron chi connectivity index (χ4n) is 2.38. The van der Waals surface area contributed by atoms with Gasteiger partial charge in [-0.25, -0.2) is 9.87 Å². The number of aliphatic hydroxyl groups is 1. The van der Waals surface area contributed by atoms with Crippen molar-refractivity contribution in [3.05, 3.63) is 55.3 Å². The van der Waals surface area contributed by atoms with Crippen LogP contribution in [-0.2, 0) is 4.84 Å². The average Bonchev–Trinajstić information content (AvgIpc) is 3.34. The molecule has 0 unspecified atom stereocenters. The van der Waals surface area contributed by atoms with Crippen LogP contribution in [0.3, 0.4) is 0 Å². The molecule has 144 valence electrons. The lowest BCUT2D eigenvalue weighted by Gasteiger charge is -2.15. The van der Waals surface area contributed by atoms with Crippen LogP contribution in [0.15, 0.2) is 30.3 Å². The number of carbonyl (C=O) groups is 1. The number of carbonyl (C=O) groups excluding carboxylic acids is 1. The van der Waals surface area contributed by atoms with E-state index in [1.165, 1.54) is 6.07 Å². The minimum absolute atomic E-state index is 0.0983. The number of rotatable bonds is 7. The minimum Gasteiger partial charge on any atom is -0.390 e. The molecule has 0 saturated heterocycles. The summed E-state index contributed by atoms with van der Waals surface area (Å²) in [4.78, 5) is 17.6. The van der Waals surface area contributed by atoms with E-state index in [0.717, 1.165) is 22.5 Å². The molecular formula is C18H16Cl2FIN2O3. The first-order valence-corrected chi connectivity index (χ1v) is 9.96. The second kappa shape index (κ2) is 8.48. The van der Waals surface area contributed by atoms with E-state index in [0.29, 0.717) is 17.1 Å². The summed E-state index contributed by atoms with van der Waals surface area (Å²) >= 11 is 14.1. The van der Waals surface area contributed by atoms with Crippen LogP contribution < -0.4 is 10.8 Å². The second-order valence-electron chi connectivity index (χ2n) is 6.32. The van der Waals surface area contributed by atoms with E-state index in [-0.39, 0.29) is 22.9 Å². The minimum atomic E-state index is -0.672. The molecule has 0 spiro atoms. The van der Waals surface area contributed by atoms with Crippen LogP contribution in [0.2, 0.25) is 10.0 Å². The zero-order valence-corrected chi connectivity index (χ0v) is 17.7. The van der Waals surface area contributed by atoms with Gasteiger partial charge < -0.3 is 10.4 Å². The third kappa shape index (κ3) is 5.45. The molecule has 1 aliphatic carbocycles. The SMILES string of the molecule is O=C(NOCCC1(O)CC1)c1cc(Cl)c(F)cc1Nc1ccc(I)cc1Cl. The van der Waals surface area contributed by atoms with Crippen LogP contribution >= 0.6 is 45.8 Å². The Morgan fingerprint density at radius 3 is 2.63 bits per heavy atom. The van der Waals surface area contributed by atoms with Gasteiger partial charge in [0.05, 0.1) is 39.2 Å². The zero-order valence-electron chi connectivity index (χ0n) is 14.0. The summed E-state index contributed by atoms with van der Waals surface area (Å²) in [7, 11) is 0. The van der Waals surface area contributed by atoms with Gasteiger partial charge in [-0.05, 0) is 65.8 Å². The van der Waals surface area contributed by atoms with E-state index in [4.69, 9.17) is 28.0 Å². The highest BCUT2D eigenvalue weighted by molar-refractivity contribution is 14.1. The van der Waals surface area contributed by atoms with Crippen LogP contribution in [0.4, 0.5) is 15.8 Å². The fraction of sp³-hybridized carbons (Fsp3) is 0.278. The molecule has 1 aliphatic rings. The first-order chi connectivity index (χ1) is 12.8. The molecule has 0 radical (unpaired) electrons. The van der Waals surface area contributed by atoms with Gasteiger partial charge >= 0.3 is 0 Å². The summed E-state index contributed by atoms with van der Waals surface area (Å²) in [6.07, 6.45) is 1.91. The summed E-state index contributed by atoms with van der Waals surface area (Å²) in [6, 6.07) is 7.63. The zero-order chi connectivity index (χ0) is 19.6. The number of nitrogens with one attached hydrogen (secondary N) is 2. The number of amides is 1. The van der Waals surface area contributed by atoms with Crippen molar-refractivity contribution in [1.29, 1.82) is 0 Å². The van der Waals surface area contributed by atoms with Gasteiger partial charge in [-0.3, -0.25) is 9.63 Å². The molecule has 3 N–H and O–H groups in total. The monoisotopic (exact) mass is 524 g/mol. The van der Waals surface area contributed by atoms with Gasteiger partial charge in [0, 0.05) is 9.99 Å². The fourth-order valence-corrected chi connectivity index (χ4v) is 3.45. The topological polar surface area (TPSA) is 70.6 Å². The lowest BCUT2D eigenvalue weighted by atomic mass is 10.1. The Labute approximate surface area is 179 Å². The molecule has 0 heterocycles. The maximum Gasteiger partial charge on any atom is 0.277 e. The Bertz CT molecular complexity index is 878. The summed E-state index contributed by atoms with van der Waals surface area (Å²) in [5.74, 6) is -1.27. The largest absolute Gasteiger partial charge is 0.390 e. The number of hydrogen-bond donors (Lipinski definition) is 3. The van der Waals surface area contributed by atoms with E-state index >= 15 is 0 Å². The third-order valence-electron chi connectivity index (χ3n) is 4.17. The summed E-state index contributed by atoms with van der Waals surface area (Å²) in [5, 5.41) is 12.9. The average molecular weight is 525 g/mol. The van der Waals surface area contributed by atoms with E-state index in [2.05, 4.69) is 33.4 Å². The molecule has 1 saturated carbocycles. The van der Waals surface area contributed by atoms with Crippen molar-refractivity contribution in [2.75, 3.05) is 11.9 Å². The van der Waals surface area contributed by atoms with E-state index < -0.39 is 17.3 Å². The van der Waals surface area contributed by atoms with Crippen molar-refractivity contribution in [3.63, 3.8) is 0 Å². The molecule has 0 aliphatic heterocycles. The first kappa shape index (κ1) is 20.6. The molecule has 1 amide bonds. The van der Waals surface area contributed by atoms with Crippen LogP contribution in [0.1, 0.15) is 29.6 Å². The molecule has 2 aromatic rings. The van der Waals surface area contributed by atoms with Gasteiger partial charge in [-0.2, -0.15) is 0 Å². The highest BCUT2D eigenvalue weighted by Gasteiger charge is 2.39. The Kier molecular flexibility index (Phi) is 6.47. The van der Waals surface area contributed by atoms with E-state index in [9.17, 15) is 14.3 Å². The molecule has 1 fully saturated rings. The molecule has 2 aromatic carbocycles. The van der Waals surface area contributed by atoms with Gasteiger partial charge in [0.2, 0.25) is 0 Å². The van der Waals surface area contributed by atoms with Crippen LogP contribution in [0.25, 0.3) is 0 Å². The van der Waals surface area contributed by atoms with E-state index in [1.807, 2.05) is 6.07 Å². The highest BCUT2D eigenvalue weighted by atomic mass is 127. The van der Waals surface area contributed by atoms with E-state index in [1.54, 1.807) is 12.1 Å². The van der Waals surface area contributed by atoms with Crippen molar-refractivity contribution in [2.24, 2.45) is 0 Å². The first-order valence-electron chi connectivity index (χ1n) is 8.13. The molecule has 9 heteroatoms. The predicted molar refractivity (Wildman–Crippen MR) is 111 cm³/mol. The number of benzene rings is 2. The van der Waals surface area contributed by atoms with Crippen LogP contribution in [0, 0.1) is 9.39 Å². The smallest absolute Gasteiger partial charge is 0.277 e. The summed E-state index contributed by atoms with van der Waals surface area (Å²) < 4.78 is 14.9. The highest BCUT2D eigenvalue weighted by Crippen LogP contribution is 2.38.